The van der Waals surface area contributed by atoms with Crippen molar-refractivity contribution in [3.63, 3.8) is 0 Å². The lowest BCUT2D eigenvalue weighted by atomic mass is 9.46. The monoisotopic (exact) mass is 343 g/mol. The zero-order valence-corrected chi connectivity index (χ0v) is 15.5. The summed E-state index contributed by atoms with van der Waals surface area (Å²) in [7, 11) is 0. The predicted molar refractivity (Wildman–Crippen MR) is 92.9 cm³/mol. The Kier molecular flexibility index (Phi) is 3.57. The molecule has 0 spiro atoms. The largest absolute Gasteiger partial charge is 0.361 e. The summed E-state index contributed by atoms with van der Waals surface area (Å²) in [5, 5.41) is 30.0. The summed E-state index contributed by atoms with van der Waals surface area (Å²) < 4.78 is 0. The second kappa shape index (κ2) is 5.18. The Balaban J connectivity index is 1.72. The fourth-order valence-corrected chi connectivity index (χ4v) is 7.03. The van der Waals surface area contributed by atoms with Crippen LogP contribution in [0, 0.1) is 51.8 Å². The summed E-state index contributed by atoms with van der Waals surface area (Å²) in [5.41, 5.74) is 0.805. The summed E-state index contributed by atoms with van der Waals surface area (Å²) in [6.45, 7) is 6.48. The van der Waals surface area contributed by atoms with Gasteiger partial charge in [-0.3, -0.25) is 4.79 Å². The van der Waals surface area contributed by atoms with Crippen LogP contribution in [0.1, 0.15) is 59.3 Å². The van der Waals surface area contributed by atoms with E-state index in [0.717, 1.165) is 37.7 Å². The number of hydrogen-bond acceptors (Lipinski definition) is 4. The molecule has 4 aliphatic rings. The third-order valence-electron chi connectivity index (χ3n) is 8.43. The standard InChI is InChI=1S/C21H29NO3/c1-12-8-17-15-5-4-13-10-21(24,25)14(11-22)9-20(13,3)16(15)6-7-19(17,2)18(12)23/h10,12,14-17,24-25H,4-9H2,1-3H3/t12-,14?,15+,16-,17-,19-,20-/m0/s1. The summed E-state index contributed by atoms with van der Waals surface area (Å²) in [6.07, 6.45) is 6.90. The first kappa shape index (κ1) is 17.2. The van der Waals surface area contributed by atoms with Gasteiger partial charge in [0, 0.05) is 11.3 Å². The zero-order chi connectivity index (χ0) is 18.2. The molecule has 0 radical (unpaired) electrons. The molecule has 0 aliphatic heterocycles. The van der Waals surface area contributed by atoms with Gasteiger partial charge in [-0.2, -0.15) is 5.26 Å². The molecule has 25 heavy (non-hydrogen) atoms. The van der Waals surface area contributed by atoms with Gasteiger partial charge in [0.15, 0.2) is 5.79 Å². The molecule has 4 rings (SSSR count). The van der Waals surface area contributed by atoms with E-state index in [1.54, 1.807) is 6.08 Å². The average molecular weight is 343 g/mol. The summed E-state index contributed by atoms with van der Waals surface area (Å²) >= 11 is 0. The maximum Gasteiger partial charge on any atom is 0.199 e. The molecule has 136 valence electrons. The highest BCUT2D eigenvalue weighted by Crippen LogP contribution is 2.66. The first-order chi connectivity index (χ1) is 11.6. The Bertz CT molecular complexity index is 690. The van der Waals surface area contributed by atoms with Crippen LogP contribution >= 0.6 is 0 Å². The predicted octanol–water partition coefficient (Wildman–Crippen LogP) is 3.19. The Labute approximate surface area is 149 Å². The first-order valence-electron chi connectivity index (χ1n) is 9.74. The van der Waals surface area contributed by atoms with Crippen molar-refractivity contribution in [2.75, 3.05) is 0 Å². The SMILES string of the molecule is C[C@H]1C[C@H]2[C@@H]3CCC4=CC(O)(O)C(C#N)C[C@]4(C)[C@H]3CC[C@]2(C)C1=O. The van der Waals surface area contributed by atoms with E-state index in [1.807, 2.05) is 0 Å². The minimum Gasteiger partial charge on any atom is -0.361 e. The number of fused-ring (bicyclic) bond motifs is 5. The lowest BCUT2D eigenvalue weighted by Crippen LogP contribution is -2.54. The molecule has 0 aromatic carbocycles. The van der Waals surface area contributed by atoms with Gasteiger partial charge in [0.25, 0.3) is 0 Å². The second-order valence-corrected chi connectivity index (χ2v) is 9.63. The molecule has 3 fully saturated rings. The smallest absolute Gasteiger partial charge is 0.199 e. The van der Waals surface area contributed by atoms with Crippen LogP contribution in [0.15, 0.2) is 11.6 Å². The number of hydrogen-bond donors (Lipinski definition) is 2. The van der Waals surface area contributed by atoms with Crippen molar-refractivity contribution in [2.24, 2.45) is 40.4 Å². The molecular formula is C21H29NO3. The third-order valence-corrected chi connectivity index (χ3v) is 8.43. The van der Waals surface area contributed by atoms with Crippen LogP contribution in [0.2, 0.25) is 0 Å². The normalized spacial score (nSPS) is 51.0. The number of nitrogens with zero attached hydrogens (tertiary/aromatic N) is 1. The van der Waals surface area contributed by atoms with Crippen LogP contribution < -0.4 is 0 Å². The minimum atomic E-state index is -2.00. The number of Topliss-reactive ketones (excluding diaryl/α,β-unsaturated/α-hetero) is 1. The van der Waals surface area contributed by atoms with Crippen molar-refractivity contribution >= 4 is 5.78 Å². The topological polar surface area (TPSA) is 81.3 Å². The van der Waals surface area contributed by atoms with Crippen LogP contribution in [-0.2, 0) is 4.79 Å². The Morgan fingerprint density at radius 3 is 2.60 bits per heavy atom. The van der Waals surface area contributed by atoms with Gasteiger partial charge in [-0.1, -0.05) is 26.3 Å². The van der Waals surface area contributed by atoms with Crippen LogP contribution in [0.4, 0.5) is 0 Å². The molecule has 0 bridgehead atoms. The molecule has 7 atom stereocenters. The van der Waals surface area contributed by atoms with Gasteiger partial charge in [-0.05, 0) is 67.8 Å². The summed E-state index contributed by atoms with van der Waals surface area (Å²) in [4.78, 5) is 12.8. The van der Waals surface area contributed by atoms with E-state index in [-0.39, 0.29) is 16.7 Å². The lowest BCUT2D eigenvalue weighted by molar-refractivity contribution is -0.169. The van der Waals surface area contributed by atoms with Crippen LogP contribution in [0.5, 0.6) is 0 Å². The van der Waals surface area contributed by atoms with Gasteiger partial charge in [0.05, 0.1) is 6.07 Å². The number of aliphatic hydroxyl groups is 2. The maximum atomic E-state index is 12.8. The lowest BCUT2D eigenvalue weighted by Gasteiger charge is -2.58. The van der Waals surface area contributed by atoms with E-state index in [2.05, 4.69) is 26.8 Å². The Morgan fingerprint density at radius 2 is 1.92 bits per heavy atom. The van der Waals surface area contributed by atoms with Crippen molar-refractivity contribution in [1.82, 2.24) is 0 Å². The molecule has 0 heterocycles. The number of carbonyl (C=O) groups excluding carboxylic acids is 1. The van der Waals surface area contributed by atoms with Gasteiger partial charge >= 0.3 is 0 Å². The first-order valence-corrected chi connectivity index (χ1v) is 9.74. The van der Waals surface area contributed by atoms with Gasteiger partial charge < -0.3 is 10.2 Å². The average Bonchev–Trinajstić information content (AvgIpc) is 2.78. The number of nitriles is 1. The van der Waals surface area contributed by atoms with Crippen LogP contribution in [0.25, 0.3) is 0 Å². The molecule has 0 saturated heterocycles. The quantitative estimate of drug-likeness (QED) is 0.523. The van der Waals surface area contributed by atoms with Crippen LogP contribution in [-0.4, -0.2) is 21.8 Å². The highest BCUT2D eigenvalue weighted by atomic mass is 16.5. The molecule has 4 aliphatic carbocycles. The highest BCUT2D eigenvalue weighted by Gasteiger charge is 2.62. The van der Waals surface area contributed by atoms with Crippen LogP contribution in [0.3, 0.4) is 0 Å². The Morgan fingerprint density at radius 1 is 1.20 bits per heavy atom. The van der Waals surface area contributed by atoms with Gasteiger partial charge in [-0.15, -0.1) is 0 Å². The second-order valence-electron chi connectivity index (χ2n) is 9.63. The minimum absolute atomic E-state index is 0.144. The van der Waals surface area contributed by atoms with Crippen molar-refractivity contribution in [3.8, 4) is 6.07 Å². The molecule has 2 N–H and O–H groups in total. The maximum absolute atomic E-state index is 12.8. The van der Waals surface area contributed by atoms with Gasteiger partial charge in [-0.25, -0.2) is 0 Å². The number of ketones is 1. The van der Waals surface area contributed by atoms with E-state index in [4.69, 9.17) is 0 Å². The molecule has 0 aromatic heterocycles. The van der Waals surface area contributed by atoms with E-state index in [0.29, 0.717) is 30.0 Å². The fourth-order valence-electron chi connectivity index (χ4n) is 7.03. The van der Waals surface area contributed by atoms with E-state index < -0.39 is 11.7 Å². The van der Waals surface area contributed by atoms with E-state index in [1.165, 1.54) is 0 Å². The van der Waals surface area contributed by atoms with Crippen molar-refractivity contribution in [1.29, 1.82) is 5.26 Å². The van der Waals surface area contributed by atoms with E-state index in [9.17, 15) is 20.3 Å². The third kappa shape index (κ3) is 2.15. The molecule has 3 saturated carbocycles. The Hall–Kier alpha value is -1.18. The molecular weight excluding hydrogens is 314 g/mol. The molecule has 0 aromatic rings. The highest BCUT2D eigenvalue weighted by molar-refractivity contribution is 5.89. The molecule has 4 heteroatoms. The van der Waals surface area contributed by atoms with Crippen molar-refractivity contribution < 1.29 is 15.0 Å². The fraction of sp³-hybridized carbons (Fsp3) is 0.810. The zero-order valence-electron chi connectivity index (χ0n) is 15.5. The summed E-state index contributed by atoms with van der Waals surface area (Å²) in [6, 6.07) is 2.12. The molecule has 0 amide bonds. The molecule has 4 nitrogen and oxygen atoms in total. The van der Waals surface area contributed by atoms with Gasteiger partial charge in [0.1, 0.15) is 11.7 Å². The summed E-state index contributed by atoms with van der Waals surface area (Å²) in [5.74, 6) is -0.767. The number of allylic oxidation sites excluding steroid dienone is 1. The number of rotatable bonds is 0. The van der Waals surface area contributed by atoms with Crippen molar-refractivity contribution in [3.05, 3.63) is 11.6 Å². The van der Waals surface area contributed by atoms with Crippen molar-refractivity contribution in [2.45, 2.75) is 65.1 Å². The van der Waals surface area contributed by atoms with E-state index >= 15 is 0 Å². The number of carbonyl (C=O) groups is 1. The molecule has 1 unspecified atom stereocenters. The van der Waals surface area contributed by atoms with Gasteiger partial charge in [0.2, 0.25) is 0 Å².